The van der Waals surface area contributed by atoms with E-state index >= 15 is 0 Å². The molecular formula is C18H19N3O3S2. The average molecular weight is 390 g/mol. The number of carbonyl (C=O) groups excluding carboxylic acids is 3. The van der Waals surface area contributed by atoms with Crippen LogP contribution in [0, 0.1) is 0 Å². The zero-order valence-electron chi connectivity index (χ0n) is 14.7. The molecule has 0 N–H and O–H groups in total. The predicted octanol–water partition coefficient (Wildman–Crippen LogP) is 1.99. The summed E-state index contributed by atoms with van der Waals surface area (Å²) in [7, 11) is 3.38. The highest BCUT2D eigenvalue weighted by atomic mass is 32.1. The van der Waals surface area contributed by atoms with Crippen molar-refractivity contribution in [2.75, 3.05) is 32.1 Å². The maximum Gasteiger partial charge on any atom is 0.257 e. The Morgan fingerprint density at radius 3 is 2.77 bits per heavy atom. The van der Waals surface area contributed by atoms with Gasteiger partial charge < -0.3 is 14.7 Å². The normalized spacial score (nSPS) is 17.2. The molecule has 2 aromatic heterocycles. The molecule has 0 aromatic carbocycles. The molecule has 4 rings (SSSR count). The Kier molecular flexibility index (Phi) is 4.32. The van der Waals surface area contributed by atoms with Crippen LogP contribution in [0.5, 0.6) is 0 Å². The van der Waals surface area contributed by atoms with Gasteiger partial charge in [0.1, 0.15) is 11.5 Å². The summed E-state index contributed by atoms with van der Waals surface area (Å²) < 4.78 is 0. The van der Waals surface area contributed by atoms with Gasteiger partial charge in [0.2, 0.25) is 11.8 Å². The topological polar surface area (TPSA) is 60.9 Å². The van der Waals surface area contributed by atoms with Crippen LogP contribution >= 0.6 is 22.7 Å². The predicted molar refractivity (Wildman–Crippen MR) is 102 cm³/mol. The van der Waals surface area contributed by atoms with Gasteiger partial charge in [-0.3, -0.25) is 14.4 Å². The molecule has 3 amide bonds. The third kappa shape index (κ3) is 2.83. The summed E-state index contributed by atoms with van der Waals surface area (Å²) in [4.78, 5) is 44.6. The smallest absolute Gasteiger partial charge is 0.257 e. The third-order valence-corrected chi connectivity index (χ3v) is 7.08. The third-order valence-electron chi connectivity index (χ3n) is 4.91. The van der Waals surface area contributed by atoms with Crippen molar-refractivity contribution in [2.45, 2.75) is 19.4 Å². The number of amides is 3. The van der Waals surface area contributed by atoms with Crippen molar-refractivity contribution in [1.29, 1.82) is 0 Å². The van der Waals surface area contributed by atoms with Crippen molar-refractivity contribution in [3.63, 3.8) is 0 Å². The van der Waals surface area contributed by atoms with Crippen LogP contribution in [0.3, 0.4) is 0 Å². The largest absolute Gasteiger partial charge is 0.337 e. The van der Waals surface area contributed by atoms with Crippen molar-refractivity contribution in [2.24, 2.45) is 0 Å². The Bertz CT molecular complexity index is 888. The summed E-state index contributed by atoms with van der Waals surface area (Å²) >= 11 is 3.05. The quantitative estimate of drug-likeness (QED) is 0.789. The lowest BCUT2D eigenvalue weighted by Crippen LogP contribution is -2.37. The average Bonchev–Trinajstić information content (AvgIpc) is 3.24. The van der Waals surface area contributed by atoms with Crippen LogP contribution in [-0.2, 0) is 29.0 Å². The van der Waals surface area contributed by atoms with Gasteiger partial charge in [-0.15, -0.1) is 22.7 Å². The minimum Gasteiger partial charge on any atom is -0.337 e. The van der Waals surface area contributed by atoms with Crippen LogP contribution in [0.2, 0.25) is 0 Å². The second-order valence-corrected chi connectivity index (χ2v) is 8.74. The number of anilines is 1. The van der Waals surface area contributed by atoms with E-state index in [0.29, 0.717) is 36.5 Å². The molecule has 0 unspecified atom stereocenters. The number of rotatable bonds is 2. The maximum absolute atomic E-state index is 12.8. The van der Waals surface area contributed by atoms with Crippen molar-refractivity contribution in [3.8, 4) is 0 Å². The Hall–Kier alpha value is -2.19. The SMILES string of the molecule is CN1CC(=O)N(C)c2sc3c(c2C1=O)CCN(C(=O)Cc1cccs1)C3. The molecule has 0 saturated carbocycles. The molecule has 26 heavy (non-hydrogen) atoms. The van der Waals surface area contributed by atoms with Crippen LogP contribution in [0.25, 0.3) is 0 Å². The lowest BCUT2D eigenvalue weighted by atomic mass is 10.0. The molecule has 6 nitrogen and oxygen atoms in total. The number of hydrogen-bond donors (Lipinski definition) is 0. The van der Waals surface area contributed by atoms with Crippen molar-refractivity contribution < 1.29 is 14.4 Å². The molecule has 2 aromatic rings. The first kappa shape index (κ1) is 17.2. The van der Waals surface area contributed by atoms with Gasteiger partial charge >= 0.3 is 0 Å². The zero-order chi connectivity index (χ0) is 18.4. The summed E-state index contributed by atoms with van der Waals surface area (Å²) in [6, 6.07) is 3.92. The lowest BCUT2D eigenvalue weighted by molar-refractivity contribution is -0.131. The van der Waals surface area contributed by atoms with Crippen LogP contribution in [0.15, 0.2) is 17.5 Å². The van der Waals surface area contributed by atoms with Gasteiger partial charge in [-0.2, -0.15) is 0 Å². The maximum atomic E-state index is 12.8. The van der Waals surface area contributed by atoms with Crippen molar-refractivity contribution >= 4 is 45.4 Å². The van der Waals surface area contributed by atoms with E-state index in [1.807, 2.05) is 22.4 Å². The molecule has 0 spiro atoms. The van der Waals surface area contributed by atoms with Gasteiger partial charge in [0.15, 0.2) is 0 Å². The zero-order valence-corrected chi connectivity index (χ0v) is 16.3. The lowest BCUT2D eigenvalue weighted by Gasteiger charge is -2.27. The summed E-state index contributed by atoms with van der Waals surface area (Å²) in [6.45, 7) is 1.21. The molecule has 0 bridgehead atoms. The minimum absolute atomic E-state index is 0.0937. The van der Waals surface area contributed by atoms with E-state index in [-0.39, 0.29) is 24.3 Å². The fraction of sp³-hybridized carbons (Fsp3) is 0.389. The first-order valence-electron chi connectivity index (χ1n) is 8.42. The van der Waals surface area contributed by atoms with Gasteiger partial charge in [-0.05, 0) is 23.4 Å². The molecular weight excluding hydrogens is 370 g/mol. The van der Waals surface area contributed by atoms with Crippen LogP contribution in [0.4, 0.5) is 5.00 Å². The van der Waals surface area contributed by atoms with E-state index in [4.69, 9.17) is 0 Å². The van der Waals surface area contributed by atoms with Gasteiger partial charge in [-0.1, -0.05) is 6.07 Å². The molecule has 0 saturated heterocycles. The Morgan fingerprint density at radius 2 is 2.04 bits per heavy atom. The number of thiophene rings is 2. The fourth-order valence-electron chi connectivity index (χ4n) is 3.42. The highest BCUT2D eigenvalue weighted by molar-refractivity contribution is 7.17. The number of fused-ring (bicyclic) bond motifs is 3. The summed E-state index contributed by atoms with van der Waals surface area (Å²) in [5, 5.41) is 2.68. The molecule has 0 radical (unpaired) electrons. The van der Waals surface area contributed by atoms with E-state index in [9.17, 15) is 14.4 Å². The van der Waals surface area contributed by atoms with Crippen LogP contribution < -0.4 is 4.90 Å². The molecule has 0 fully saturated rings. The molecule has 0 aliphatic carbocycles. The summed E-state index contributed by atoms with van der Waals surface area (Å²) in [5.74, 6) is -0.0908. The Balaban J connectivity index is 1.62. The molecule has 0 atom stereocenters. The minimum atomic E-state index is -0.103. The van der Waals surface area contributed by atoms with E-state index in [1.165, 1.54) is 16.2 Å². The van der Waals surface area contributed by atoms with E-state index in [0.717, 1.165) is 15.3 Å². The van der Waals surface area contributed by atoms with Crippen LogP contribution in [-0.4, -0.2) is 54.7 Å². The molecule has 2 aliphatic heterocycles. The molecule has 4 heterocycles. The molecule has 136 valence electrons. The number of carbonyl (C=O) groups is 3. The second-order valence-electron chi connectivity index (χ2n) is 6.62. The summed E-state index contributed by atoms with van der Waals surface area (Å²) in [5.41, 5.74) is 1.65. The van der Waals surface area contributed by atoms with Gasteiger partial charge in [-0.25, -0.2) is 0 Å². The van der Waals surface area contributed by atoms with E-state index in [2.05, 4.69) is 0 Å². The first-order valence-corrected chi connectivity index (χ1v) is 10.1. The molecule has 2 aliphatic rings. The van der Waals surface area contributed by atoms with Crippen LogP contribution in [0.1, 0.15) is 25.7 Å². The molecule has 8 heteroatoms. The van der Waals surface area contributed by atoms with Crippen molar-refractivity contribution in [1.82, 2.24) is 9.80 Å². The first-order chi connectivity index (χ1) is 12.5. The number of hydrogen-bond acceptors (Lipinski definition) is 5. The highest BCUT2D eigenvalue weighted by Crippen LogP contribution is 2.40. The van der Waals surface area contributed by atoms with Gasteiger partial charge in [0.05, 0.1) is 18.5 Å². The van der Waals surface area contributed by atoms with E-state index < -0.39 is 0 Å². The monoisotopic (exact) mass is 389 g/mol. The number of likely N-dealkylation sites (N-methyl/N-ethyl adjacent to an activating group) is 2. The summed E-state index contributed by atoms with van der Waals surface area (Å²) in [6.07, 6.45) is 1.07. The highest BCUT2D eigenvalue weighted by Gasteiger charge is 2.36. The Morgan fingerprint density at radius 1 is 1.23 bits per heavy atom. The number of nitrogens with zero attached hydrogens (tertiary/aromatic N) is 3. The second kappa shape index (κ2) is 6.51. The standard InChI is InChI=1S/C18H19N3O3S2/c1-19-10-15(23)20(2)18-16(17(19)24)12-5-6-21(9-13(12)26-18)14(22)8-11-4-3-7-25-11/h3-4,7H,5-6,8-10H2,1-2H3. The fourth-order valence-corrected chi connectivity index (χ4v) is 5.45. The Labute approximate surface area is 159 Å². The van der Waals surface area contributed by atoms with E-state index in [1.54, 1.807) is 30.3 Å². The van der Waals surface area contributed by atoms with Gasteiger partial charge in [0, 0.05) is 30.4 Å². The van der Waals surface area contributed by atoms with Gasteiger partial charge in [0.25, 0.3) is 5.91 Å². The van der Waals surface area contributed by atoms with Crippen molar-refractivity contribution in [3.05, 3.63) is 38.4 Å².